The predicted molar refractivity (Wildman–Crippen MR) is 53.5 cm³/mol. The molecule has 0 aliphatic heterocycles. The van der Waals surface area contributed by atoms with E-state index in [0.717, 1.165) is 24.2 Å². The summed E-state index contributed by atoms with van der Waals surface area (Å²) in [5, 5.41) is 2.84. The molecule has 74 valence electrons. The lowest BCUT2D eigenvalue weighted by atomic mass is 10.2. The van der Waals surface area contributed by atoms with Crippen molar-refractivity contribution in [1.29, 1.82) is 0 Å². The number of rotatable bonds is 3. The lowest BCUT2D eigenvalue weighted by Gasteiger charge is -2.07. The van der Waals surface area contributed by atoms with Gasteiger partial charge in [-0.1, -0.05) is 0 Å². The van der Waals surface area contributed by atoms with Crippen LogP contribution in [0.15, 0.2) is 18.3 Å². The van der Waals surface area contributed by atoms with E-state index >= 15 is 0 Å². The fourth-order valence-electron chi connectivity index (χ4n) is 1.29. The molecule has 1 fully saturated rings. The Morgan fingerprint density at radius 1 is 1.64 bits per heavy atom. The number of hydrogen-bond donors (Lipinski definition) is 2. The van der Waals surface area contributed by atoms with Gasteiger partial charge in [-0.15, -0.1) is 0 Å². The summed E-state index contributed by atoms with van der Waals surface area (Å²) >= 11 is 0. The van der Waals surface area contributed by atoms with Crippen molar-refractivity contribution in [2.75, 3.05) is 5.32 Å². The summed E-state index contributed by atoms with van der Waals surface area (Å²) in [6.45, 7) is 0.348. The molecular weight excluding hydrogens is 178 g/mol. The van der Waals surface area contributed by atoms with Crippen molar-refractivity contribution in [3.8, 4) is 0 Å². The van der Waals surface area contributed by atoms with E-state index in [2.05, 4.69) is 10.3 Å². The number of amides is 1. The van der Waals surface area contributed by atoms with Crippen LogP contribution in [0.1, 0.15) is 18.5 Å². The first-order valence-corrected chi connectivity index (χ1v) is 4.76. The number of aromatic nitrogens is 1. The summed E-state index contributed by atoms with van der Waals surface area (Å²) in [6.07, 6.45) is 3.68. The molecule has 2 rings (SSSR count). The zero-order valence-electron chi connectivity index (χ0n) is 7.86. The Balaban J connectivity index is 2.10. The average Bonchev–Trinajstić information content (AvgIpc) is 3.02. The van der Waals surface area contributed by atoms with Crippen LogP contribution in [0, 0.1) is 5.92 Å². The summed E-state index contributed by atoms with van der Waals surface area (Å²) < 4.78 is 0. The molecule has 1 heterocycles. The molecule has 1 aromatic heterocycles. The molecule has 0 spiro atoms. The smallest absolute Gasteiger partial charge is 0.227 e. The van der Waals surface area contributed by atoms with Crippen molar-refractivity contribution in [2.24, 2.45) is 11.7 Å². The van der Waals surface area contributed by atoms with E-state index in [-0.39, 0.29) is 11.8 Å². The van der Waals surface area contributed by atoms with Gasteiger partial charge in [-0.2, -0.15) is 0 Å². The van der Waals surface area contributed by atoms with Crippen LogP contribution in [0.4, 0.5) is 5.69 Å². The van der Waals surface area contributed by atoms with Crippen molar-refractivity contribution >= 4 is 11.6 Å². The van der Waals surface area contributed by atoms with Gasteiger partial charge in [-0.25, -0.2) is 0 Å². The van der Waals surface area contributed by atoms with Crippen LogP contribution >= 0.6 is 0 Å². The first kappa shape index (κ1) is 9.15. The third kappa shape index (κ3) is 1.90. The van der Waals surface area contributed by atoms with E-state index in [1.54, 1.807) is 12.3 Å². The summed E-state index contributed by atoms with van der Waals surface area (Å²) in [5.41, 5.74) is 6.98. The molecule has 4 heteroatoms. The maximum absolute atomic E-state index is 11.5. The molecule has 14 heavy (non-hydrogen) atoms. The van der Waals surface area contributed by atoms with E-state index in [9.17, 15) is 4.79 Å². The molecule has 1 aromatic rings. The van der Waals surface area contributed by atoms with Gasteiger partial charge in [-0.3, -0.25) is 9.78 Å². The van der Waals surface area contributed by atoms with Crippen LogP contribution in [-0.2, 0) is 11.3 Å². The number of hydrogen-bond acceptors (Lipinski definition) is 3. The highest BCUT2D eigenvalue weighted by Gasteiger charge is 2.29. The number of nitrogens with one attached hydrogen (secondary N) is 1. The monoisotopic (exact) mass is 191 g/mol. The first-order chi connectivity index (χ1) is 6.81. The van der Waals surface area contributed by atoms with Crippen LogP contribution in [0.25, 0.3) is 0 Å². The molecule has 1 aliphatic rings. The lowest BCUT2D eigenvalue weighted by molar-refractivity contribution is -0.117. The Labute approximate surface area is 82.5 Å². The fourth-order valence-corrected chi connectivity index (χ4v) is 1.29. The largest absolute Gasteiger partial charge is 0.325 e. The van der Waals surface area contributed by atoms with E-state index in [0.29, 0.717) is 6.54 Å². The number of nitrogens with zero attached hydrogens (tertiary/aromatic N) is 1. The van der Waals surface area contributed by atoms with Crippen molar-refractivity contribution in [3.05, 3.63) is 24.0 Å². The highest BCUT2D eigenvalue weighted by atomic mass is 16.2. The normalized spacial score (nSPS) is 15.2. The highest BCUT2D eigenvalue weighted by molar-refractivity contribution is 5.94. The zero-order valence-corrected chi connectivity index (χ0v) is 7.86. The van der Waals surface area contributed by atoms with Crippen molar-refractivity contribution in [3.63, 3.8) is 0 Å². The van der Waals surface area contributed by atoms with Gasteiger partial charge in [0.2, 0.25) is 5.91 Å². The second-order valence-corrected chi connectivity index (χ2v) is 3.47. The van der Waals surface area contributed by atoms with E-state index in [1.807, 2.05) is 6.07 Å². The average molecular weight is 191 g/mol. The molecule has 0 aromatic carbocycles. The second kappa shape index (κ2) is 3.75. The van der Waals surface area contributed by atoms with Gasteiger partial charge in [0.1, 0.15) is 0 Å². The quantitative estimate of drug-likeness (QED) is 0.745. The Bertz CT molecular complexity index is 347. The molecule has 0 saturated heterocycles. The number of anilines is 1. The molecule has 0 bridgehead atoms. The standard InChI is InChI=1S/C10H13N3O/c11-6-9-8(2-1-5-12-9)13-10(14)7-3-4-7/h1-2,5,7H,3-4,6,11H2,(H,13,14). The van der Waals surface area contributed by atoms with E-state index in [4.69, 9.17) is 5.73 Å². The van der Waals surface area contributed by atoms with Gasteiger partial charge in [0, 0.05) is 18.7 Å². The van der Waals surface area contributed by atoms with Crippen LogP contribution in [0.2, 0.25) is 0 Å². The van der Waals surface area contributed by atoms with Crippen LogP contribution < -0.4 is 11.1 Å². The molecule has 3 N–H and O–H groups in total. The number of nitrogens with two attached hydrogens (primary N) is 1. The third-order valence-electron chi connectivity index (χ3n) is 2.29. The SMILES string of the molecule is NCc1ncccc1NC(=O)C1CC1. The van der Waals surface area contributed by atoms with Gasteiger partial charge in [0.05, 0.1) is 11.4 Å². The summed E-state index contributed by atoms with van der Waals surface area (Å²) in [6, 6.07) is 3.62. The van der Waals surface area contributed by atoms with Gasteiger partial charge in [0.25, 0.3) is 0 Å². The molecule has 0 atom stereocenters. The van der Waals surface area contributed by atoms with Gasteiger partial charge in [0.15, 0.2) is 0 Å². The van der Waals surface area contributed by atoms with Gasteiger partial charge < -0.3 is 11.1 Å². The Morgan fingerprint density at radius 2 is 2.43 bits per heavy atom. The summed E-state index contributed by atoms with van der Waals surface area (Å²) in [4.78, 5) is 15.6. The Morgan fingerprint density at radius 3 is 3.07 bits per heavy atom. The second-order valence-electron chi connectivity index (χ2n) is 3.47. The third-order valence-corrected chi connectivity index (χ3v) is 2.29. The van der Waals surface area contributed by atoms with Crippen LogP contribution in [0.3, 0.4) is 0 Å². The van der Waals surface area contributed by atoms with Crippen LogP contribution in [-0.4, -0.2) is 10.9 Å². The predicted octanol–water partition coefficient (Wildman–Crippen LogP) is 0.889. The minimum Gasteiger partial charge on any atom is -0.325 e. The van der Waals surface area contributed by atoms with E-state index in [1.165, 1.54) is 0 Å². The van der Waals surface area contributed by atoms with Crippen molar-refractivity contribution in [2.45, 2.75) is 19.4 Å². The summed E-state index contributed by atoms with van der Waals surface area (Å²) in [7, 11) is 0. The lowest BCUT2D eigenvalue weighted by Crippen LogP contribution is -2.16. The number of carbonyl (C=O) groups excluding carboxylic acids is 1. The minimum atomic E-state index is 0.0905. The molecule has 0 unspecified atom stereocenters. The van der Waals surface area contributed by atoms with Gasteiger partial charge >= 0.3 is 0 Å². The topological polar surface area (TPSA) is 68.0 Å². The molecule has 1 aliphatic carbocycles. The molecule has 4 nitrogen and oxygen atoms in total. The van der Waals surface area contributed by atoms with Crippen LogP contribution in [0.5, 0.6) is 0 Å². The van der Waals surface area contributed by atoms with Crippen molar-refractivity contribution < 1.29 is 4.79 Å². The Kier molecular flexibility index (Phi) is 2.45. The van der Waals surface area contributed by atoms with Gasteiger partial charge in [-0.05, 0) is 25.0 Å². The zero-order chi connectivity index (χ0) is 9.97. The maximum Gasteiger partial charge on any atom is 0.227 e. The summed E-state index contributed by atoms with van der Waals surface area (Å²) in [5.74, 6) is 0.300. The highest BCUT2D eigenvalue weighted by Crippen LogP contribution is 2.30. The molecule has 0 radical (unpaired) electrons. The van der Waals surface area contributed by atoms with Crippen molar-refractivity contribution in [1.82, 2.24) is 4.98 Å². The fraction of sp³-hybridized carbons (Fsp3) is 0.400. The molecule has 1 saturated carbocycles. The first-order valence-electron chi connectivity index (χ1n) is 4.76. The maximum atomic E-state index is 11.5. The number of carbonyl (C=O) groups is 1. The number of pyridine rings is 1. The molecular formula is C10H13N3O. The van der Waals surface area contributed by atoms with E-state index < -0.39 is 0 Å². The minimum absolute atomic E-state index is 0.0905. The molecule has 1 amide bonds. The Hall–Kier alpha value is -1.42.